The van der Waals surface area contributed by atoms with Crippen LogP contribution in [0.3, 0.4) is 0 Å². The Morgan fingerprint density at radius 2 is 1.85 bits per heavy atom. The number of unbranched alkanes of at least 4 members (excludes halogenated alkanes) is 1. The first kappa shape index (κ1) is 24.3. The maximum atomic E-state index is 16.0. The topological polar surface area (TPSA) is 125 Å². The number of H-pyrrole nitrogens is 2. The molecular weight excluding hydrogens is 502 g/mol. The number of aromatic amines is 2. The van der Waals surface area contributed by atoms with Crippen molar-refractivity contribution >= 4 is 33.7 Å². The molecule has 0 aliphatic heterocycles. The zero-order valence-corrected chi connectivity index (χ0v) is 20.8. The quantitative estimate of drug-likeness (QED) is 0.234. The zero-order valence-electron chi connectivity index (χ0n) is 20.8. The number of benzene rings is 1. The summed E-state index contributed by atoms with van der Waals surface area (Å²) in [5.74, 6) is -0.714. The van der Waals surface area contributed by atoms with Crippen molar-refractivity contribution in [2.45, 2.75) is 26.2 Å². The minimum Gasteiger partial charge on any atom is -0.336 e. The van der Waals surface area contributed by atoms with Crippen molar-refractivity contribution in [3.05, 3.63) is 72.8 Å². The highest BCUT2D eigenvalue weighted by Gasteiger charge is 2.21. The lowest BCUT2D eigenvalue weighted by Gasteiger charge is -2.08. The second kappa shape index (κ2) is 10.0. The minimum atomic E-state index is -0.558. The van der Waals surface area contributed by atoms with E-state index in [0.717, 1.165) is 12.8 Å². The van der Waals surface area contributed by atoms with Crippen molar-refractivity contribution in [1.82, 2.24) is 35.1 Å². The van der Waals surface area contributed by atoms with Gasteiger partial charge in [-0.05, 0) is 42.8 Å². The van der Waals surface area contributed by atoms with Gasteiger partial charge >= 0.3 is 0 Å². The van der Waals surface area contributed by atoms with E-state index < -0.39 is 5.82 Å². The average molecular weight is 525 g/mol. The summed E-state index contributed by atoms with van der Waals surface area (Å²) in [6.45, 7) is 2.01. The van der Waals surface area contributed by atoms with E-state index >= 15 is 4.39 Å². The Hall–Kier alpha value is -5.06. The number of carbonyl (C=O) groups is 1. The van der Waals surface area contributed by atoms with Crippen LogP contribution in [0.4, 0.5) is 14.5 Å². The van der Waals surface area contributed by atoms with Gasteiger partial charge < -0.3 is 10.3 Å². The summed E-state index contributed by atoms with van der Waals surface area (Å²) in [6.07, 6.45) is 8.13. The van der Waals surface area contributed by atoms with Gasteiger partial charge in [0.05, 0.1) is 28.5 Å². The largest absolute Gasteiger partial charge is 0.336 e. The maximum Gasteiger partial charge on any atom is 0.224 e. The molecule has 5 aromatic heterocycles. The van der Waals surface area contributed by atoms with Crippen LogP contribution in [0, 0.1) is 11.6 Å². The highest BCUT2D eigenvalue weighted by atomic mass is 19.1. The van der Waals surface area contributed by atoms with Crippen molar-refractivity contribution in [2.24, 2.45) is 0 Å². The van der Waals surface area contributed by atoms with Crippen molar-refractivity contribution < 1.29 is 13.6 Å². The highest BCUT2D eigenvalue weighted by molar-refractivity contribution is 5.97. The number of aromatic nitrogens is 7. The lowest BCUT2D eigenvalue weighted by Crippen LogP contribution is -2.11. The summed E-state index contributed by atoms with van der Waals surface area (Å²) >= 11 is 0. The Balaban J connectivity index is 1.41. The first-order valence-electron chi connectivity index (χ1n) is 12.4. The Morgan fingerprint density at radius 1 is 1.00 bits per heavy atom. The molecule has 3 N–H and O–H groups in total. The number of pyridine rings is 3. The van der Waals surface area contributed by atoms with Crippen LogP contribution < -0.4 is 5.32 Å². The molecule has 0 aliphatic rings. The average Bonchev–Trinajstić information content (AvgIpc) is 3.57. The Morgan fingerprint density at radius 3 is 2.67 bits per heavy atom. The molecule has 0 atom stereocenters. The molecule has 6 aromatic rings. The first-order valence-corrected chi connectivity index (χ1v) is 12.4. The number of imidazole rings is 1. The van der Waals surface area contributed by atoms with Gasteiger partial charge in [0.2, 0.25) is 5.91 Å². The number of nitrogens with zero attached hydrogens (tertiary/aromatic N) is 5. The molecule has 194 valence electrons. The summed E-state index contributed by atoms with van der Waals surface area (Å²) in [4.78, 5) is 33.0. The molecule has 0 unspecified atom stereocenters. The monoisotopic (exact) mass is 524 g/mol. The number of nitrogens with one attached hydrogen (secondary N) is 3. The number of fused-ring (bicyclic) bond motifs is 2. The summed E-state index contributed by atoms with van der Waals surface area (Å²) in [7, 11) is 0. The van der Waals surface area contributed by atoms with Crippen LogP contribution in [0.5, 0.6) is 0 Å². The minimum absolute atomic E-state index is 0.124. The van der Waals surface area contributed by atoms with Gasteiger partial charge in [0.15, 0.2) is 11.5 Å². The van der Waals surface area contributed by atoms with Gasteiger partial charge in [-0.3, -0.25) is 19.9 Å². The van der Waals surface area contributed by atoms with E-state index in [1.165, 1.54) is 30.7 Å². The number of carbonyl (C=O) groups excluding carboxylic acids is 1. The predicted octanol–water partition coefficient (Wildman–Crippen LogP) is 6.03. The molecule has 1 aromatic carbocycles. The molecule has 0 radical (unpaired) electrons. The predicted molar refractivity (Wildman–Crippen MR) is 144 cm³/mol. The smallest absolute Gasteiger partial charge is 0.224 e. The molecule has 0 spiro atoms. The first-order chi connectivity index (χ1) is 19.0. The van der Waals surface area contributed by atoms with E-state index in [-0.39, 0.29) is 34.0 Å². The van der Waals surface area contributed by atoms with E-state index in [1.54, 1.807) is 30.5 Å². The van der Waals surface area contributed by atoms with Crippen LogP contribution >= 0.6 is 0 Å². The van der Waals surface area contributed by atoms with Crippen LogP contribution in [0.25, 0.3) is 56.0 Å². The van der Waals surface area contributed by atoms with Gasteiger partial charge in [-0.25, -0.2) is 18.7 Å². The van der Waals surface area contributed by atoms with Gasteiger partial charge in [0, 0.05) is 41.7 Å². The molecule has 9 nitrogen and oxygen atoms in total. The van der Waals surface area contributed by atoms with Gasteiger partial charge in [-0.15, -0.1) is 0 Å². The SMILES string of the molecule is CCCCC(=O)Nc1cncc(-c2cnc3[nH]nc(-c4nc5c(-c6ccc(F)cc6)nccc5[nH]4)c3c2F)c1. The van der Waals surface area contributed by atoms with Crippen LogP contribution in [0.1, 0.15) is 26.2 Å². The second-order valence-electron chi connectivity index (χ2n) is 9.04. The summed E-state index contributed by atoms with van der Waals surface area (Å²) in [5, 5.41) is 10.0. The van der Waals surface area contributed by atoms with Crippen molar-refractivity contribution in [3.8, 4) is 33.9 Å². The van der Waals surface area contributed by atoms with E-state index in [1.807, 2.05) is 6.92 Å². The Labute approximate surface area is 220 Å². The number of anilines is 1. The number of hydrogen-bond donors (Lipinski definition) is 3. The molecule has 0 saturated heterocycles. The van der Waals surface area contributed by atoms with Gasteiger partial charge in [0.1, 0.15) is 22.8 Å². The molecule has 5 heterocycles. The standard InChI is InChI=1S/C28H22F2N8O/c1-2-3-4-21(39)34-18-11-16(12-31-13-18)19-14-33-27-22(23(19)30)26(37-38-27)28-35-20-9-10-32-24(25(20)36-28)15-5-7-17(29)8-6-15/h5-14H,2-4H2,1H3,(H,34,39)(H,35,36)(H,33,37,38). The van der Waals surface area contributed by atoms with Crippen LogP contribution in [-0.2, 0) is 4.79 Å². The van der Waals surface area contributed by atoms with E-state index in [9.17, 15) is 9.18 Å². The third kappa shape index (κ3) is 4.58. The number of hydrogen-bond acceptors (Lipinski definition) is 6. The molecule has 0 aliphatic carbocycles. The molecule has 0 saturated carbocycles. The molecule has 0 bridgehead atoms. The van der Waals surface area contributed by atoms with Crippen molar-refractivity contribution in [3.63, 3.8) is 0 Å². The van der Waals surface area contributed by atoms with E-state index in [0.29, 0.717) is 45.8 Å². The van der Waals surface area contributed by atoms with Gasteiger partial charge in [-0.2, -0.15) is 5.10 Å². The van der Waals surface area contributed by atoms with Gasteiger partial charge in [0.25, 0.3) is 0 Å². The van der Waals surface area contributed by atoms with Crippen LogP contribution in [0.2, 0.25) is 0 Å². The van der Waals surface area contributed by atoms with Crippen LogP contribution in [0.15, 0.2) is 61.2 Å². The third-order valence-electron chi connectivity index (χ3n) is 6.36. The Kier molecular flexibility index (Phi) is 6.23. The number of amides is 1. The molecule has 6 rings (SSSR count). The Bertz CT molecular complexity index is 1830. The lowest BCUT2D eigenvalue weighted by molar-refractivity contribution is -0.116. The maximum absolute atomic E-state index is 16.0. The fourth-order valence-electron chi connectivity index (χ4n) is 4.41. The number of rotatable bonds is 7. The second-order valence-corrected chi connectivity index (χ2v) is 9.04. The highest BCUT2D eigenvalue weighted by Crippen LogP contribution is 2.34. The van der Waals surface area contributed by atoms with E-state index in [2.05, 4.69) is 40.4 Å². The molecule has 39 heavy (non-hydrogen) atoms. The van der Waals surface area contributed by atoms with Crippen molar-refractivity contribution in [2.75, 3.05) is 5.32 Å². The molecule has 1 amide bonds. The molecular formula is C28H22F2N8O. The lowest BCUT2D eigenvalue weighted by atomic mass is 10.1. The van der Waals surface area contributed by atoms with Crippen LogP contribution in [-0.4, -0.2) is 41.0 Å². The number of halogens is 2. The normalized spacial score (nSPS) is 11.4. The van der Waals surface area contributed by atoms with Gasteiger partial charge in [-0.1, -0.05) is 13.3 Å². The van der Waals surface area contributed by atoms with Crippen molar-refractivity contribution in [1.29, 1.82) is 0 Å². The molecule has 11 heteroatoms. The summed E-state index contributed by atoms with van der Waals surface area (Å²) < 4.78 is 29.5. The third-order valence-corrected chi connectivity index (χ3v) is 6.36. The molecule has 0 fully saturated rings. The zero-order chi connectivity index (χ0) is 26.9. The summed E-state index contributed by atoms with van der Waals surface area (Å²) in [5.41, 5.74) is 4.07. The van der Waals surface area contributed by atoms with E-state index in [4.69, 9.17) is 0 Å². The summed E-state index contributed by atoms with van der Waals surface area (Å²) in [6, 6.07) is 9.37. The fraction of sp³-hybridized carbons (Fsp3) is 0.143. The fourth-order valence-corrected chi connectivity index (χ4v) is 4.41.